The lowest BCUT2D eigenvalue weighted by Gasteiger charge is -2.14. The van der Waals surface area contributed by atoms with E-state index in [0.717, 1.165) is 0 Å². The predicted molar refractivity (Wildman–Crippen MR) is 62.8 cm³/mol. The van der Waals surface area contributed by atoms with Crippen molar-refractivity contribution in [1.82, 2.24) is 0 Å². The van der Waals surface area contributed by atoms with Gasteiger partial charge in [0.1, 0.15) is 5.75 Å². The van der Waals surface area contributed by atoms with Crippen LogP contribution < -0.4 is 15.4 Å². The van der Waals surface area contributed by atoms with Crippen LogP contribution in [-0.2, 0) is 11.3 Å². The van der Waals surface area contributed by atoms with Crippen LogP contribution in [0.5, 0.6) is 17.2 Å². The van der Waals surface area contributed by atoms with Crippen LogP contribution in [-0.4, -0.2) is 25.9 Å². The summed E-state index contributed by atoms with van der Waals surface area (Å²) >= 11 is 3.35. The summed E-state index contributed by atoms with van der Waals surface area (Å²) in [5, 5.41) is 9.79. The second-order valence-electron chi connectivity index (χ2n) is 3.04. The quantitative estimate of drug-likeness (QED) is 0.806. The van der Waals surface area contributed by atoms with Gasteiger partial charge in [0.15, 0.2) is 11.5 Å². The molecule has 0 atom stereocenters. The molecule has 6 heteroatoms. The number of methoxy groups -OCH3 is 2. The summed E-state index contributed by atoms with van der Waals surface area (Å²) < 4.78 is 10.9. The molecule has 0 fully saturated rings. The Hall–Kier alpha value is -0.980. The molecule has 1 rings (SSSR count). The van der Waals surface area contributed by atoms with Crippen molar-refractivity contribution in [3.8, 4) is 17.2 Å². The minimum absolute atomic E-state index is 0.113. The van der Waals surface area contributed by atoms with Crippen LogP contribution in [0.25, 0.3) is 0 Å². The number of hydrogen-bond acceptors (Lipinski definition) is 5. The largest absolute Gasteiger partial charge is 0.507 e. The van der Waals surface area contributed by atoms with Gasteiger partial charge >= 0.3 is 0 Å². The molecule has 0 saturated heterocycles. The van der Waals surface area contributed by atoms with Gasteiger partial charge in [-0.15, -0.1) is 0 Å². The summed E-state index contributed by atoms with van der Waals surface area (Å²) in [5.74, 6) is 6.06. The van der Waals surface area contributed by atoms with Crippen molar-refractivity contribution in [2.45, 2.75) is 6.42 Å². The van der Waals surface area contributed by atoms with Crippen molar-refractivity contribution in [3.63, 3.8) is 0 Å². The molecule has 0 saturated carbocycles. The molecular weight excluding hydrogens is 278 g/mol. The SMILES string of the molecule is COc1cc(O)c(CCON)c(Br)c1OC. The minimum atomic E-state index is 0.113. The highest BCUT2D eigenvalue weighted by Crippen LogP contribution is 2.42. The first-order valence-electron chi connectivity index (χ1n) is 4.59. The van der Waals surface area contributed by atoms with Crippen LogP contribution in [0.2, 0.25) is 0 Å². The number of ether oxygens (including phenoxy) is 2. The van der Waals surface area contributed by atoms with Crippen molar-refractivity contribution < 1.29 is 19.4 Å². The maximum absolute atomic E-state index is 9.79. The molecule has 0 amide bonds. The Morgan fingerprint density at radius 1 is 1.38 bits per heavy atom. The summed E-state index contributed by atoms with van der Waals surface area (Å²) in [7, 11) is 3.04. The molecule has 3 N–H and O–H groups in total. The molecule has 0 unspecified atom stereocenters. The van der Waals surface area contributed by atoms with Gasteiger partial charge in [-0.2, -0.15) is 0 Å². The molecule has 0 heterocycles. The fourth-order valence-corrected chi connectivity index (χ4v) is 2.13. The molecule has 5 nitrogen and oxygen atoms in total. The van der Waals surface area contributed by atoms with E-state index >= 15 is 0 Å². The highest BCUT2D eigenvalue weighted by molar-refractivity contribution is 9.10. The summed E-state index contributed by atoms with van der Waals surface area (Å²) in [4.78, 5) is 4.48. The van der Waals surface area contributed by atoms with Crippen LogP contribution in [0.3, 0.4) is 0 Å². The zero-order valence-electron chi connectivity index (χ0n) is 9.12. The van der Waals surface area contributed by atoms with Gasteiger partial charge in [-0.05, 0) is 15.9 Å². The molecule has 0 bridgehead atoms. The maximum atomic E-state index is 9.79. The first-order valence-corrected chi connectivity index (χ1v) is 5.39. The van der Waals surface area contributed by atoms with E-state index in [1.807, 2.05) is 0 Å². The molecule has 90 valence electrons. The van der Waals surface area contributed by atoms with E-state index < -0.39 is 0 Å². The standard InChI is InChI=1S/C10H14BrNO4/c1-14-8-5-7(13)6(3-4-16-12)9(11)10(8)15-2/h5,13H,3-4,12H2,1-2H3. The maximum Gasteiger partial charge on any atom is 0.175 e. The molecule has 0 aliphatic heterocycles. The molecule has 0 radical (unpaired) electrons. The van der Waals surface area contributed by atoms with Crippen LogP contribution in [0.1, 0.15) is 5.56 Å². The molecule has 0 aliphatic carbocycles. The van der Waals surface area contributed by atoms with E-state index in [9.17, 15) is 5.11 Å². The number of benzene rings is 1. The lowest BCUT2D eigenvalue weighted by atomic mass is 10.1. The first-order chi connectivity index (χ1) is 7.65. The van der Waals surface area contributed by atoms with Crippen LogP contribution in [0.15, 0.2) is 10.5 Å². The highest BCUT2D eigenvalue weighted by Gasteiger charge is 2.17. The highest BCUT2D eigenvalue weighted by atomic mass is 79.9. The van der Waals surface area contributed by atoms with Crippen LogP contribution >= 0.6 is 15.9 Å². The molecular formula is C10H14BrNO4. The van der Waals surface area contributed by atoms with Gasteiger partial charge in [0.05, 0.1) is 25.3 Å². The molecule has 1 aromatic carbocycles. The number of rotatable bonds is 5. The summed E-state index contributed by atoms with van der Waals surface area (Å²) in [6.45, 7) is 0.307. The fraction of sp³-hybridized carbons (Fsp3) is 0.400. The van der Waals surface area contributed by atoms with Gasteiger partial charge in [-0.25, -0.2) is 5.90 Å². The number of phenolic OH excluding ortho intramolecular Hbond substituents is 1. The predicted octanol–water partition coefficient (Wildman–Crippen LogP) is 1.60. The number of hydrogen-bond donors (Lipinski definition) is 2. The van der Waals surface area contributed by atoms with E-state index in [4.69, 9.17) is 15.4 Å². The molecule has 0 aromatic heterocycles. The van der Waals surface area contributed by atoms with Gasteiger partial charge in [0, 0.05) is 18.1 Å². The van der Waals surface area contributed by atoms with E-state index in [-0.39, 0.29) is 5.75 Å². The molecule has 16 heavy (non-hydrogen) atoms. The van der Waals surface area contributed by atoms with Crippen molar-refractivity contribution >= 4 is 15.9 Å². The number of phenols is 1. The molecule has 0 aliphatic rings. The summed E-state index contributed by atoms with van der Waals surface area (Å²) in [6.07, 6.45) is 0.475. The molecule has 0 spiro atoms. The van der Waals surface area contributed by atoms with Gasteiger partial charge in [0.2, 0.25) is 0 Å². The lowest BCUT2D eigenvalue weighted by Crippen LogP contribution is -2.05. The lowest BCUT2D eigenvalue weighted by molar-refractivity contribution is 0.140. The topological polar surface area (TPSA) is 73.9 Å². The van der Waals surface area contributed by atoms with Crippen LogP contribution in [0, 0.1) is 0 Å². The average molecular weight is 292 g/mol. The Labute approximate surface area is 102 Å². The Morgan fingerprint density at radius 2 is 2.06 bits per heavy atom. The van der Waals surface area contributed by atoms with Crippen molar-refractivity contribution in [3.05, 3.63) is 16.1 Å². The first kappa shape index (κ1) is 13.1. The normalized spacial score (nSPS) is 10.2. The van der Waals surface area contributed by atoms with E-state index in [1.165, 1.54) is 20.3 Å². The summed E-state index contributed by atoms with van der Waals surface area (Å²) in [6, 6.07) is 1.50. The van der Waals surface area contributed by atoms with Gasteiger partial charge in [-0.1, -0.05) is 0 Å². The summed E-state index contributed by atoms with van der Waals surface area (Å²) in [5.41, 5.74) is 0.670. The third-order valence-corrected chi connectivity index (χ3v) is 3.00. The Morgan fingerprint density at radius 3 is 2.56 bits per heavy atom. The minimum Gasteiger partial charge on any atom is -0.507 e. The Balaban J connectivity index is 3.18. The third-order valence-electron chi connectivity index (χ3n) is 2.16. The van der Waals surface area contributed by atoms with E-state index in [1.54, 1.807) is 0 Å². The number of halogens is 1. The number of aromatic hydroxyl groups is 1. The van der Waals surface area contributed by atoms with Crippen molar-refractivity contribution in [2.24, 2.45) is 5.90 Å². The average Bonchev–Trinajstić information content (AvgIpc) is 2.28. The van der Waals surface area contributed by atoms with Crippen LogP contribution in [0.4, 0.5) is 0 Å². The number of nitrogens with two attached hydrogens (primary N) is 1. The zero-order valence-corrected chi connectivity index (χ0v) is 10.7. The van der Waals surface area contributed by atoms with E-state index in [2.05, 4.69) is 20.8 Å². The fourth-order valence-electron chi connectivity index (χ4n) is 1.38. The van der Waals surface area contributed by atoms with Gasteiger partial charge < -0.3 is 19.4 Å². The Bertz CT molecular complexity index is 370. The van der Waals surface area contributed by atoms with Gasteiger partial charge in [0.25, 0.3) is 0 Å². The van der Waals surface area contributed by atoms with E-state index in [0.29, 0.717) is 34.6 Å². The van der Waals surface area contributed by atoms with Crippen molar-refractivity contribution in [2.75, 3.05) is 20.8 Å². The Kier molecular flexibility index (Phi) is 4.85. The molecule has 1 aromatic rings. The monoisotopic (exact) mass is 291 g/mol. The second kappa shape index (κ2) is 5.93. The van der Waals surface area contributed by atoms with Gasteiger partial charge in [-0.3, -0.25) is 0 Å². The van der Waals surface area contributed by atoms with Crippen molar-refractivity contribution in [1.29, 1.82) is 0 Å². The smallest absolute Gasteiger partial charge is 0.175 e. The third kappa shape index (κ3) is 2.58. The second-order valence-corrected chi connectivity index (χ2v) is 3.84. The zero-order chi connectivity index (χ0) is 12.1.